The molecule has 0 aliphatic carbocycles. The molecule has 0 saturated carbocycles. The van der Waals surface area contributed by atoms with Gasteiger partial charge in [0.1, 0.15) is 5.82 Å². The maximum atomic E-state index is 13.3. The molecular weight excluding hydrogens is 261 g/mol. The van der Waals surface area contributed by atoms with Crippen LogP contribution in [-0.2, 0) is 5.75 Å². The minimum atomic E-state index is -0.597. The molecule has 1 aromatic carbocycles. The predicted molar refractivity (Wildman–Crippen MR) is 64.4 cm³/mol. The molecular formula is C10H8FN3OS2. The first kappa shape index (κ1) is 12.0. The molecule has 1 heterocycles. The second-order valence-corrected chi connectivity index (χ2v) is 5.32. The zero-order valence-corrected chi connectivity index (χ0v) is 10.2. The molecule has 0 atom stereocenters. The highest BCUT2D eigenvalue weighted by molar-refractivity contribution is 8.00. The molecule has 0 bridgehead atoms. The van der Waals surface area contributed by atoms with Gasteiger partial charge in [-0.05, 0) is 11.6 Å². The lowest BCUT2D eigenvalue weighted by molar-refractivity contribution is 0.0999. The lowest BCUT2D eigenvalue weighted by Gasteiger charge is -1.99. The van der Waals surface area contributed by atoms with Crippen LogP contribution in [0.2, 0.25) is 0 Å². The second kappa shape index (κ2) is 5.24. The zero-order chi connectivity index (χ0) is 12.3. The fourth-order valence-corrected chi connectivity index (χ4v) is 2.81. The minimum absolute atomic E-state index is 0.168. The van der Waals surface area contributed by atoms with Crippen LogP contribution < -0.4 is 5.73 Å². The average Bonchev–Trinajstić information content (AvgIpc) is 2.77. The molecule has 1 amide bonds. The molecule has 7 heteroatoms. The summed E-state index contributed by atoms with van der Waals surface area (Å²) in [6.07, 6.45) is 0. The van der Waals surface area contributed by atoms with Crippen molar-refractivity contribution in [2.75, 3.05) is 0 Å². The van der Waals surface area contributed by atoms with E-state index in [1.165, 1.54) is 17.8 Å². The van der Waals surface area contributed by atoms with E-state index in [0.717, 1.165) is 11.3 Å². The van der Waals surface area contributed by atoms with Crippen LogP contribution in [0.25, 0.3) is 0 Å². The maximum absolute atomic E-state index is 13.3. The zero-order valence-electron chi connectivity index (χ0n) is 8.59. The fourth-order valence-electron chi connectivity index (χ4n) is 1.12. The molecule has 2 N–H and O–H groups in total. The van der Waals surface area contributed by atoms with Gasteiger partial charge in [-0.2, -0.15) is 0 Å². The topological polar surface area (TPSA) is 68.9 Å². The third-order valence-electron chi connectivity index (χ3n) is 1.93. The highest BCUT2D eigenvalue weighted by Crippen LogP contribution is 2.26. The monoisotopic (exact) mass is 269 g/mol. The number of thioether (sulfide) groups is 1. The first-order valence-corrected chi connectivity index (χ1v) is 6.46. The van der Waals surface area contributed by atoms with E-state index < -0.39 is 5.91 Å². The summed E-state index contributed by atoms with van der Waals surface area (Å²) in [5, 5.41) is 7.59. The maximum Gasteiger partial charge on any atom is 0.279 e. The van der Waals surface area contributed by atoms with Gasteiger partial charge in [-0.1, -0.05) is 41.3 Å². The standard InChI is InChI=1S/C10H8FN3OS2/c11-7-4-2-1-3-6(7)5-16-10-14-13-9(17-10)8(12)15/h1-4H,5H2,(H2,12,15). The smallest absolute Gasteiger partial charge is 0.279 e. The van der Waals surface area contributed by atoms with Crippen molar-refractivity contribution in [1.82, 2.24) is 10.2 Å². The second-order valence-electron chi connectivity index (χ2n) is 3.12. The highest BCUT2D eigenvalue weighted by atomic mass is 32.2. The van der Waals surface area contributed by atoms with Gasteiger partial charge >= 0.3 is 0 Å². The van der Waals surface area contributed by atoms with Crippen molar-refractivity contribution in [2.24, 2.45) is 5.73 Å². The molecule has 0 spiro atoms. The van der Waals surface area contributed by atoms with Crippen LogP contribution in [0.3, 0.4) is 0 Å². The van der Waals surface area contributed by atoms with E-state index in [0.29, 0.717) is 15.7 Å². The number of hydrogen-bond donors (Lipinski definition) is 1. The van der Waals surface area contributed by atoms with E-state index in [-0.39, 0.29) is 10.8 Å². The summed E-state index contributed by atoms with van der Waals surface area (Å²) in [7, 11) is 0. The quantitative estimate of drug-likeness (QED) is 0.863. The third kappa shape index (κ3) is 3.01. The summed E-state index contributed by atoms with van der Waals surface area (Å²) in [6.45, 7) is 0. The van der Waals surface area contributed by atoms with Crippen molar-refractivity contribution in [3.05, 3.63) is 40.7 Å². The Kier molecular flexibility index (Phi) is 3.70. The number of carbonyl (C=O) groups is 1. The van der Waals surface area contributed by atoms with Gasteiger partial charge in [-0.3, -0.25) is 4.79 Å². The van der Waals surface area contributed by atoms with Gasteiger partial charge in [0.25, 0.3) is 5.91 Å². The Balaban J connectivity index is 2.02. The molecule has 0 saturated heterocycles. The van der Waals surface area contributed by atoms with Crippen molar-refractivity contribution in [3.8, 4) is 0 Å². The van der Waals surface area contributed by atoms with Crippen LogP contribution in [0.4, 0.5) is 4.39 Å². The van der Waals surface area contributed by atoms with E-state index in [2.05, 4.69) is 10.2 Å². The highest BCUT2D eigenvalue weighted by Gasteiger charge is 2.10. The first-order chi connectivity index (χ1) is 8.16. The summed E-state index contributed by atoms with van der Waals surface area (Å²) in [5.74, 6) is -0.403. The van der Waals surface area contributed by atoms with E-state index in [1.807, 2.05) is 0 Å². The van der Waals surface area contributed by atoms with Gasteiger partial charge in [-0.25, -0.2) is 4.39 Å². The number of benzene rings is 1. The van der Waals surface area contributed by atoms with Crippen molar-refractivity contribution >= 4 is 29.0 Å². The van der Waals surface area contributed by atoms with Crippen LogP contribution in [0.5, 0.6) is 0 Å². The van der Waals surface area contributed by atoms with Gasteiger partial charge in [0.05, 0.1) is 0 Å². The number of aromatic nitrogens is 2. The summed E-state index contributed by atoms with van der Waals surface area (Å²) < 4.78 is 13.9. The molecule has 0 aliphatic heterocycles. The summed E-state index contributed by atoms with van der Waals surface area (Å²) >= 11 is 2.43. The van der Waals surface area contributed by atoms with Crippen LogP contribution in [0.1, 0.15) is 15.4 Å². The number of nitrogens with zero attached hydrogens (tertiary/aromatic N) is 2. The summed E-state index contributed by atoms with van der Waals surface area (Å²) in [4.78, 5) is 10.8. The first-order valence-electron chi connectivity index (χ1n) is 4.66. The van der Waals surface area contributed by atoms with Gasteiger partial charge < -0.3 is 5.73 Å². The van der Waals surface area contributed by atoms with E-state index >= 15 is 0 Å². The fraction of sp³-hybridized carbons (Fsp3) is 0.100. The summed E-state index contributed by atoms with van der Waals surface area (Å²) in [6, 6.07) is 6.52. The van der Waals surface area contributed by atoms with Gasteiger partial charge in [-0.15, -0.1) is 10.2 Å². The van der Waals surface area contributed by atoms with Crippen LogP contribution >= 0.6 is 23.1 Å². The third-order valence-corrected chi connectivity index (χ3v) is 4.05. The molecule has 0 unspecified atom stereocenters. The number of carbonyl (C=O) groups excluding carboxylic acids is 1. The number of nitrogens with two attached hydrogens (primary N) is 1. The van der Waals surface area contributed by atoms with E-state index in [4.69, 9.17) is 5.73 Å². The molecule has 0 fully saturated rings. The SMILES string of the molecule is NC(=O)c1nnc(SCc2ccccc2F)s1. The number of amides is 1. The van der Waals surface area contributed by atoms with Crippen molar-refractivity contribution in [2.45, 2.75) is 10.1 Å². The number of primary amides is 1. The van der Waals surface area contributed by atoms with Gasteiger partial charge in [0.15, 0.2) is 4.34 Å². The van der Waals surface area contributed by atoms with Gasteiger partial charge in [0.2, 0.25) is 5.01 Å². The molecule has 88 valence electrons. The Morgan fingerprint density at radius 1 is 1.41 bits per heavy atom. The molecule has 0 aliphatic rings. The largest absolute Gasteiger partial charge is 0.363 e. The number of rotatable bonds is 4. The molecule has 17 heavy (non-hydrogen) atoms. The average molecular weight is 269 g/mol. The Bertz CT molecular complexity index is 544. The molecule has 4 nitrogen and oxygen atoms in total. The Labute approximate surface area is 105 Å². The molecule has 2 rings (SSSR count). The number of halogens is 1. The molecule has 2 aromatic rings. The van der Waals surface area contributed by atoms with Crippen molar-refractivity contribution < 1.29 is 9.18 Å². The lowest BCUT2D eigenvalue weighted by atomic mass is 10.2. The van der Waals surface area contributed by atoms with Crippen LogP contribution in [-0.4, -0.2) is 16.1 Å². The molecule has 0 radical (unpaired) electrons. The van der Waals surface area contributed by atoms with Gasteiger partial charge in [0, 0.05) is 5.75 Å². The van der Waals surface area contributed by atoms with E-state index in [1.54, 1.807) is 18.2 Å². The van der Waals surface area contributed by atoms with E-state index in [9.17, 15) is 9.18 Å². The normalized spacial score (nSPS) is 10.4. The Morgan fingerprint density at radius 3 is 2.82 bits per heavy atom. The Hall–Kier alpha value is -1.47. The molecule has 1 aromatic heterocycles. The summed E-state index contributed by atoms with van der Waals surface area (Å²) in [5.41, 5.74) is 5.65. The minimum Gasteiger partial charge on any atom is -0.363 e. The van der Waals surface area contributed by atoms with Crippen molar-refractivity contribution in [3.63, 3.8) is 0 Å². The Morgan fingerprint density at radius 2 is 2.18 bits per heavy atom. The van der Waals surface area contributed by atoms with Crippen LogP contribution in [0, 0.1) is 5.82 Å². The predicted octanol–water partition coefficient (Wildman–Crippen LogP) is 2.07. The van der Waals surface area contributed by atoms with Crippen LogP contribution in [0.15, 0.2) is 28.6 Å². The van der Waals surface area contributed by atoms with Crippen molar-refractivity contribution in [1.29, 1.82) is 0 Å². The lowest BCUT2D eigenvalue weighted by Crippen LogP contribution is -2.10. The number of hydrogen-bond acceptors (Lipinski definition) is 5.